The van der Waals surface area contributed by atoms with Gasteiger partial charge in [-0.2, -0.15) is 0 Å². The second-order valence-corrected chi connectivity index (χ2v) is 4.77. The highest BCUT2D eigenvalue weighted by atomic mass is 16.3. The molecule has 76 valence electrons. The summed E-state index contributed by atoms with van der Waals surface area (Å²) in [6, 6.07) is 0.280. The van der Waals surface area contributed by atoms with Gasteiger partial charge >= 0.3 is 0 Å². The first-order valence-electron chi connectivity index (χ1n) is 5.67. The summed E-state index contributed by atoms with van der Waals surface area (Å²) in [5, 5.41) is 12.3. The molecule has 2 N–H and O–H groups in total. The molecule has 3 atom stereocenters. The summed E-state index contributed by atoms with van der Waals surface area (Å²) < 4.78 is 0. The fourth-order valence-corrected chi connectivity index (χ4v) is 2.85. The third kappa shape index (κ3) is 2.05. The van der Waals surface area contributed by atoms with Crippen LogP contribution in [0.3, 0.4) is 0 Å². The first kappa shape index (κ1) is 9.47. The largest absolute Gasteiger partial charge is 0.395 e. The van der Waals surface area contributed by atoms with Crippen molar-refractivity contribution in [3.05, 3.63) is 0 Å². The Morgan fingerprint density at radius 2 is 1.92 bits per heavy atom. The van der Waals surface area contributed by atoms with Crippen LogP contribution in [0.1, 0.15) is 32.6 Å². The molecular weight excluding hydrogens is 162 g/mol. The highest BCUT2D eigenvalue weighted by Crippen LogP contribution is 2.54. The lowest BCUT2D eigenvalue weighted by atomic mass is 10.0. The zero-order valence-corrected chi connectivity index (χ0v) is 8.50. The Kier molecular flexibility index (Phi) is 2.89. The van der Waals surface area contributed by atoms with E-state index in [1.165, 1.54) is 25.7 Å². The molecule has 2 nitrogen and oxygen atoms in total. The van der Waals surface area contributed by atoms with Crippen LogP contribution >= 0.6 is 0 Å². The Labute approximate surface area is 80.7 Å². The second-order valence-electron chi connectivity index (χ2n) is 4.77. The Balaban J connectivity index is 1.67. The lowest BCUT2D eigenvalue weighted by Gasteiger charge is -2.09. The number of hydrogen-bond donors (Lipinski definition) is 2. The van der Waals surface area contributed by atoms with E-state index in [9.17, 15) is 0 Å². The van der Waals surface area contributed by atoms with Gasteiger partial charge in [0.05, 0.1) is 6.61 Å². The first-order valence-corrected chi connectivity index (χ1v) is 5.67. The molecule has 2 fully saturated rings. The van der Waals surface area contributed by atoms with Crippen molar-refractivity contribution < 1.29 is 5.11 Å². The number of aliphatic hydroxyl groups is 1. The number of nitrogens with one attached hydrogen (secondary N) is 1. The Morgan fingerprint density at radius 1 is 1.31 bits per heavy atom. The number of fused-ring (bicyclic) bond motifs is 1. The van der Waals surface area contributed by atoms with E-state index in [0.29, 0.717) is 0 Å². The zero-order chi connectivity index (χ0) is 9.26. The van der Waals surface area contributed by atoms with Gasteiger partial charge in [-0.05, 0) is 44.1 Å². The van der Waals surface area contributed by atoms with Gasteiger partial charge in [0.1, 0.15) is 0 Å². The molecule has 2 saturated carbocycles. The fraction of sp³-hybridized carbons (Fsp3) is 1.00. The van der Waals surface area contributed by atoms with Gasteiger partial charge in [-0.1, -0.05) is 12.8 Å². The van der Waals surface area contributed by atoms with Crippen molar-refractivity contribution >= 4 is 0 Å². The Hall–Kier alpha value is -0.0800. The molecule has 3 unspecified atom stereocenters. The van der Waals surface area contributed by atoms with E-state index >= 15 is 0 Å². The molecule has 2 heteroatoms. The molecule has 0 spiro atoms. The average Bonchev–Trinajstić information content (AvgIpc) is 2.88. The molecule has 0 aromatic rings. The molecule has 0 heterocycles. The maximum Gasteiger partial charge on any atom is 0.0581 e. The summed E-state index contributed by atoms with van der Waals surface area (Å²) in [6.07, 6.45) is 5.83. The van der Waals surface area contributed by atoms with Gasteiger partial charge in [0, 0.05) is 6.04 Å². The SMILES string of the molecule is CC(CO)NCC1C2CCCCC21. The molecule has 2 aliphatic rings. The summed E-state index contributed by atoms with van der Waals surface area (Å²) in [5.74, 6) is 3.01. The smallest absolute Gasteiger partial charge is 0.0581 e. The number of hydrogen-bond acceptors (Lipinski definition) is 2. The van der Waals surface area contributed by atoms with Crippen LogP contribution in [0.2, 0.25) is 0 Å². The second kappa shape index (κ2) is 3.97. The molecule has 0 aromatic carbocycles. The molecule has 0 amide bonds. The molecule has 0 aromatic heterocycles. The van der Waals surface area contributed by atoms with Crippen molar-refractivity contribution in [2.24, 2.45) is 17.8 Å². The van der Waals surface area contributed by atoms with Crippen LogP contribution in [-0.2, 0) is 0 Å². The van der Waals surface area contributed by atoms with Gasteiger partial charge in [0.2, 0.25) is 0 Å². The summed E-state index contributed by atoms with van der Waals surface area (Å²) in [5.41, 5.74) is 0. The average molecular weight is 183 g/mol. The third-order valence-corrected chi connectivity index (χ3v) is 3.81. The minimum absolute atomic E-state index is 0.266. The first-order chi connectivity index (χ1) is 6.33. The van der Waals surface area contributed by atoms with Crippen molar-refractivity contribution in [1.82, 2.24) is 5.32 Å². The highest BCUT2D eigenvalue weighted by Gasteiger charge is 2.49. The standard InChI is InChI=1S/C11H21NO/c1-8(7-13)12-6-11-9-4-2-3-5-10(9)11/h8-13H,2-7H2,1H3. The van der Waals surface area contributed by atoms with Crippen LogP contribution in [0.25, 0.3) is 0 Å². The lowest BCUT2D eigenvalue weighted by Crippen LogP contribution is -2.31. The predicted octanol–water partition coefficient (Wildman–Crippen LogP) is 1.39. The van der Waals surface area contributed by atoms with E-state index in [2.05, 4.69) is 5.32 Å². The fourth-order valence-electron chi connectivity index (χ4n) is 2.85. The minimum atomic E-state index is 0.266. The van der Waals surface area contributed by atoms with Gasteiger partial charge in [0.15, 0.2) is 0 Å². The maximum absolute atomic E-state index is 8.86. The van der Waals surface area contributed by atoms with Gasteiger partial charge in [-0.25, -0.2) is 0 Å². The monoisotopic (exact) mass is 183 g/mol. The quantitative estimate of drug-likeness (QED) is 0.690. The molecular formula is C11H21NO. The summed E-state index contributed by atoms with van der Waals surface area (Å²) >= 11 is 0. The maximum atomic E-state index is 8.86. The number of rotatable bonds is 4. The van der Waals surface area contributed by atoms with Crippen molar-refractivity contribution in [1.29, 1.82) is 0 Å². The minimum Gasteiger partial charge on any atom is -0.395 e. The molecule has 0 saturated heterocycles. The zero-order valence-electron chi connectivity index (χ0n) is 8.50. The van der Waals surface area contributed by atoms with Crippen molar-refractivity contribution in [2.75, 3.05) is 13.2 Å². The van der Waals surface area contributed by atoms with Crippen LogP contribution in [0.5, 0.6) is 0 Å². The van der Waals surface area contributed by atoms with E-state index in [-0.39, 0.29) is 12.6 Å². The summed E-state index contributed by atoms with van der Waals surface area (Å²) in [6.45, 7) is 3.45. The van der Waals surface area contributed by atoms with Crippen LogP contribution in [0.15, 0.2) is 0 Å². The molecule has 2 aliphatic carbocycles. The van der Waals surface area contributed by atoms with Gasteiger partial charge in [-0.15, -0.1) is 0 Å². The molecule has 0 radical (unpaired) electrons. The van der Waals surface area contributed by atoms with Crippen LogP contribution in [0.4, 0.5) is 0 Å². The molecule has 2 rings (SSSR count). The molecule has 0 bridgehead atoms. The molecule has 13 heavy (non-hydrogen) atoms. The van der Waals surface area contributed by atoms with Crippen LogP contribution < -0.4 is 5.32 Å². The predicted molar refractivity (Wildman–Crippen MR) is 53.5 cm³/mol. The molecule has 0 aliphatic heterocycles. The Bertz CT molecular complexity index is 159. The van der Waals surface area contributed by atoms with Crippen LogP contribution in [0, 0.1) is 17.8 Å². The highest BCUT2D eigenvalue weighted by molar-refractivity contribution is 5.00. The summed E-state index contributed by atoms with van der Waals surface area (Å²) in [7, 11) is 0. The van der Waals surface area contributed by atoms with E-state index in [4.69, 9.17) is 5.11 Å². The Morgan fingerprint density at radius 3 is 2.46 bits per heavy atom. The topological polar surface area (TPSA) is 32.3 Å². The third-order valence-electron chi connectivity index (χ3n) is 3.81. The van der Waals surface area contributed by atoms with Crippen molar-refractivity contribution in [3.8, 4) is 0 Å². The van der Waals surface area contributed by atoms with E-state index in [0.717, 1.165) is 24.3 Å². The van der Waals surface area contributed by atoms with Crippen molar-refractivity contribution in [3.63, 3.8) is 0 Å². The van der Waals surface area contributed by atoms with E-state index < -0.39 is 0 Å². The summed E-state index contributed by atoms with van der Waals surface area (Å²) in [4.78, 5) is 0. The van der Waals surface area contributed by atoms with Gasteiger partial charge in [-0.3, -0.25) is 0 Å². The van der Waals surface area contributed by atoms with Gasteiger partial charge in [0.25, 0.3) is 0 Å². The van der Waals surface area contributed by atoms with E-state index in [1.807, 2.05) is 6.92 Å². The lowest BCUT2D eigenvalue weighted by molar-refractivity contribution is 0.249. The number of aliphatic hydroxyl groups excluding tert-OH is 1. The van der Waals surface area contributed by atoms with Crippen molar-refractivity contribution in [2.45, 2.75) is 38.6 Å². The van der Waals surface area contributed by atoms with E-state index in [1.54, 1.807) is 0 Å². The van der Waals surface area contributed by atoms with Gasteiger partial charge < -0.3 is 10.4 Å². The van der Waals surface area contributed by atoms with Crippen LogP contribution in [-0.4, -0.2) is 24.3 Å². The normalized spacial score (nSPS) is 39.7.